The number of benzene rings is 3. The van der Waals surface area contributed by atoms with E-state index < -0.39 is 5.91 Å². The molecule has 0 saturated carbocycles. The fourth-order valence-electron chi connectivity index (χ4n) is 4.02. The van der Waals surface area contributed by atoms with E-state index in [0.717, 1.165) is 16.7 Å². The number of primary amides is 1. The number of hydrogen-bond donors (Lipinski definition) is 2. The third-order valence-electron chi connectivity index (χ3n) is 5.73. The second kappa shape index (κ2) is 9.79. The molecular formula is C28H22FN5O2. The van der Waals surface area contributed by atoms with Gasteiger partial charge in [-0.3, -0.25) is 9.59 Å². The number of amides is 2. The largest absolute Gasteiger partial charge is 0.369 e. The topological polar surface area (TPSA) is 103 Å². The average Bonchev–Trinajstić information content (AvgIpc) is 3.27. The number of carbonyl (C=O) groups is 2. The van der Waals surface area contributed by atoms with Gasteiger partial charge in [-0.15, -0.1) is 0 Å². The molecular weight excluding hydrogens is 457 g/mol. The van der Waals surface area contributed by atoms with Crippen molar-refractivity contribution in [2.24, 2.45) is 5.73 Å². The van der Waals surface area contributed by atoms with E-state index >= 15 is 0 Å². The number of halogens is 1. The van der Waals surface area contributed by atoms with Gasteiger partial charge in [-0.2, -0.15) is 5.10 Å². The third kappa shape index (κ3) is 4.97. The van der Waals surface area contributed by atoms with Crippen molar-refractivity contribution in [3.8, 4) is 11.3 Å². The molecule has 0 saturated heterocycles. The summed E-state index contributed by atoms with van der Waals surface area (Å²) in [6.45, 7) is 0.300. The van der Waals surface area contributed by atoms with E-state index in [1.807, 2.05) is 36.4 Å². The van der Waals surface area contributed by atoms with Crippen molar-refractivity contribution in [1.29, 1.82) is 0 Å². The molecule has 0 spiro atoms. The Hall–Kier alpha value is -4.85. The minimum absolute atomic E-state index is 0.129. The highest BCUT2D eigenvalue weighted by atomic mass is 19.1. The molecule has 0 bridgehead atoms. The number of pyridine rings is 1. The van der Waals surface area contributed by atoms with Crippen LogP contribution in [0.5, 0.6) is 0 Å². The van der Waals surface area contributed by atoms with Gasteiger partial charge in [0.15, 0.2) is 5.65 Å². The Balaban J connectivity index is 1.53. The maximum Gasteiger partial charge on any atom is 0.256 e. The number of aromatic nitrogens is 3. The van der Waals surface area contributed by atoms with Gasteiger partial charge in [0.25, 0.3) is 5.91 Å². The van der Waals surface area contributed by atoms with E-state index in [9.17, 15) is 14.0 Å². The summed E-state index contributed by atoms with van der Waals surface area (Å²) in [4.78, 5) is 29.3. The van der Waals surface area contributed by atoms with E-state index in [2.05, 4.69) is 10.4 Å². The zero-order valence-corrected chi connectivity index (χ0v) is 19.2. The fourth-order valence-corrected chi connectivity index (χ4v) is 4.02. The van der Waals surface area contributed by atoms with Crippen molar-refractivity contribution < 1.29 is 14.0 Å². The number of hydrogen-bond acceptors (Lipinski definition) is 4. The van der Waals surface area contributed by atoms with Crippen LogP contribution in [0.3, 0.4) is 0 Å². The van der Waals surface area contributed by atoms with Gasteiger partial charge in [0.05, 0.1) is 35.8 Å². The molecule has 0 fully saturated rings. The lowest BCUT2D eigenvalue weighted by molar-refractivity contribution is -0.117. The van der Waals surface area contributed by atoms with Crippen LogP contribution < -0.4 is 11.1 Å². The van der Waals surface area contributed by atoms with Crippen molar-refractivity contribution >= 4 is 28.5 Å². The molecule has 36 heavy (non-hydrogen) atoms. The molecule has 2 aromatic heterocycles. The van der Waals surface area contributed by atoms with Gasteiger partial charge in [-0.25, -0.2) is 14.1 Å². The Kier molecular flexibility index (Phi) is 6.23. The molecule has 7 nitrogen and oxygen atoms in total. The fraction of sp³-hybridized carbons (Fsp3) is 0.0714. The minimum Gasteiger partial charge on any atom is -0.369 e. The smallest absolute Gasteiger partial charge is 0.256 e. The molecule has 178 valence electrons. The van der Waals surface area contributed by atoms with Crippen LogP contribution in [0.25, 0.3) is 22.3 Å². The molecule has 2 heterocycles. The maximum atomic E-state index is 13.7. The molecule has 0 atom stereocenters. The summed E-state index contributed by atoms with van der Waals surface area (Å²) in [6.07, 6.45) is 1.73. The molecule has 0 unspecified atom stereocenters. The Bertz CT molecular complexity index is 1560. The highest BCUT2D eigenvalue weighted by Crippen LogP contribution is 2.26. The monoisotopic (exact) mass is 479 g/mol. The average molecular weight is 480 g/mol. The molecule has 3 aromatic carbocycles. The first-order valence-corrected chi connectivity index (χ1v) is 11.3. The molecule has 5 aromatic rings. The lowest BCUT2D eigenvalue weighted by Crippen LogP contribution is -2.14. The van der Waals surface area contributed by atoms with Crippen molar-refractivity contribution in [3.63, 3.8) is 0 Å². The van der Waals surface area contributed by atoms with Crippen molar-refractivity contribution in [3.05, 3.63) is 114 Å². The van der Waals surface area contributed by atoms with Crippen LogP contribution in [0, 0.1) is 5.82 Å². The van der Waals surface area contributed by atoms with Gasteiger partial charge >= 0.3 is 0 Å². The molecule has 0 aliphatic carbocycles. The molecule has 0 radical (unpaired) electrons. The quantitative estimate of drug-likeness (QED) is 0.357. The number of nitrogens with one attached hydrogen (secondary N) is 1. The van der Waals surface area contributed by atoms with Crippen LogP contribution in [-0.2, 0) is 17.8 Å². The zero-order chi connectivity index (χ0) is 25.1. The molecule has 2 amide bonds. The summed E-state index contributed by atoms with van der Waals surface area (Å²) in [5, 5.41) is 7.94. The normalized spacial score (nSPS) is 10.9. The summed E-state index contributed by atoms with van der Waals surface area (Å²) < 4.78 is 15.4. The number of anilines is 1. The number of rotatable bonds is 7. The van der Waals surface area contributed by atoms with Gasteiger partial charge in [0.1, 0.15) is 5.82 Å². The summed E-state index contributed by atoms with van der Waals surface area (Å²) in [5.74, 6) is -1.08. The number of nitrogens with two attached hydrogens (primary N) is 1. The summed E-state index contributed by atoms with van der Waals surface area (Å²) in [5.41, 5.74) is 9.71. The molecule has 5 rings (SSSR count). The SMILES string of the molecule is NC(=O)Cc1ccc(NC(=O)c2cc(-c3ccccc3)nc3c2cnn3Cc2cccc(F)c2)cc1. The van der Waals surface area contributed by atoms with Crippen molar-refractivity contribution in [2.75, 3.05) is 5.32 Å². The van der Waals surface area contributed by atoms with E-state index in [1.165, 1.54) is 12.1 Å². The minimum atomic E-state index is -0.422. The lowest BCUT2D eigenvalue weighted by Gasteiger charge is -2.10. The zero-order valence-electron chi connectivity index (χ0n) is 19.2. The highest BCUT2D eigenvalue weighted by molar-refractivity contribution is 6.12. The Morgan fingerprint density at radius 2 is 1.69 bits per heavy atom. The Morgan fingerprint density at radius 1 is 0.917 bits per heavy atom. The third-order valence-corrected chi connectivity index (χ3v) is 5.73. The predicted molar refractivity (Wildman–Crippen MR) is 136 cm³/mol. The van der Waals surface area contributed by atoms with Gasteiger partial charge in [0.2, 0.25) is 5.91 Å². The van der Waals surface area contributed by atoms with E-state index in [4.69, 9.17) is 10.7 Å². The van der Waals surface area contributed by atoms with Crippen LogP contribution in [0.4, 0.5) is 10.1 Å². The van der Waals surface area contributed by atoms with Gasteiger partial charge in [-0.1, -0.05) is 54.6 Å². The second-order valence-electron chi connectivity index (χ2n) is 8.38. The van der Waals surface area contributed by atoms with Crippen LogP contribution in [-0.4, -0.2) is 26.6 Å². The summed E-state index contributed by atoms with van der Waals surface area (Å²) >= 11 is 0. The van der Waals surface area contributed by atoms with E-state index in [-0.39, 0.29) is 18.1 Å². The Morgan fingerprint density at radius 3 is 2.42 bits per heavy atom. The summed E-state index contributed by atoms with van der Waals surface area (Å²) in [7, 11) is 0. The summed E-state index contributed by atoms with van der Waals surface area (Å²) in [6, 6.07) is 24.5. The molecule has 0 aliphatic heterocycles. The first-order chi connectivity index (χ1) is 17.5. The van der Waals surface area contributed by atoms with Crippen LogP contribution in [0.15, 0.2) is 91.1 Å². The van der Waals surface area contributed by atoms with Crippen LogP contribution in [0.2, 0.25) is 0 Å². The first-order valence-electron chi connectivity index (χ1n) is 11.3. The predicted octanol–water partition coefficient (Wildman–Crippen LogP) is 4.57. The van der Waals surface area contributed by atoms with Gasteiger partial charge in [-0.05, 0) is 41.5 Å². The molecule has 0 aliphatic rings. The van der Waals surface area contributed by atoms with Crippen LogP contribution in [0.1, 0.15) is 21.5 Å². The van der Waals surface area contributed by atoms with Crippen molar-refractivity contribution in [1.82, 2.24) is 14.8 Å². The van der Waals surface area contributed by atoms with Gasteiger partial charge in [0, 0.05) is 11.3 Å². The van der Waals surface area contributed by atoms with E-state index in [0.29, 0.717) is 34.5 Å². The maximum absolute atomic E-state index is 13.7. The molecule has 3 N–H and O–H groups in total. The highest BCUT2D eigenvalue weighted by Gasteiger charge is 2.18. The number of fused-ring (bicyclic) bond motifs is 1. The lowest BCUT2D eigenvalue weighted by atomic mass is 10.1. The molecule has 8 heteroatoms. The van der Waals surface area contributed by atoms with Crippen molar-refractivity contribution in [2.45, 2.75) is 13.0 Å². The van der Waals surface area contributed by atoms with Crippen LogP contribution >= 0.6 is 0 Å². The van der Waals surface area contributed by atoms with Gasteiger partial charge < -0.3 is 11.1 Å². The number of nitrogens with zero attached hydrogens (tertiary/aromatic N) is 3. The van der Waals surface area contributed by atoms with E-state index in [1.54, 1.807) is 47.3 Å². The Labute approximate surface area is 206 Å². The number of carbonyl (C=O) groups excluding carboxylic acids is 2. The first kappa shape index (κ1) is 22.9. The second-order valence-corrected chi connectivity index (χ2v) is 8.38. The standard InChI is InChI=1S/C28H22FN5O2/c29-21-8-4-5-19(13-21)17-34-27-24(16-31-34)23(15-25(33-27)20-6-2-1-3-7-20)28(36)32-22-11-9-18(10-12-22)14-26(30)35/h1-13,15-16H,14,17H2,(H2,30,35)(H,32,36).